The van der Waals surface area contributed by atoms with E-state index >= 15 is 0 Å². The van der Waals surface area contributed by atoms with E-state index in [4.69, 9.17) is 14.2 Å². The minimum atomic E-state index is 0.300. The number of nitrogens with zero attached hydrogens (tertiary/aromatic N) is 2. The zero-order chi connectivity index (χ0) is 17.2. The molecular weight excluding hydrogens is 318 g/mol. The van der Waals surface area contributed by atoms with Crippen LogP contribution in [0.5, 0.6) is 23.3 Å². The summed E-state index contributed by atoms with van der Waals surface area (Å²) >= 11 is 0. The van der Waals surface area contributed by atoms with Crippen LogP contribution in [-0.2, 0) is 0 Å². The van der Waals surface area contributed by atoms with Crippen LogP contribution in [0.25, 0.3) is 10.9 Å². The Morgan fingerprint density at radius 3 is 2.36 bits per heavy atom. The van der Waals surface area contributed by atoms with Crippen molar-refractivity contribution in [2.75, 3.05) is 19.5 Å². The Bertz CT molecular complexity index is 895. The summed E-state index contributed by atoms with van der Waals surface area (Å²) in [6.07, 6.45) is 2.29. The monoisotopic (exact) mass is 337 g/mol. The average molecular weight is 337 g/mol. The summed E-state index contributed by atoms with van der Waals surface area (Å²) in [7, 11) is 3.22. The van der Waals surface area contributed by atoms with Gasteiger partial charge in [-0.3, -0.25) is 0 Å². The number of anilines is 1. The lowest BCUT2D eigenvalue weighted by atomic mass is 10.2. The van der Waals surface area contributed by atoms with E-state index in [0.29, 0.717) is 29.3 Å². The maximum atomic E-state index is 5.82. The highest BCUT2D eigenvalue weighted by Gasteiger charge is 2.24. The van der Waals surface area contributed by atoms with Crippen molar-refractivity contribution in [2.45, 2.75) is 18.9 Å². The summed E-state index contributed by atoms with van der Waals surface area (Å²) in [5.74, 6) is 2.71. The summed E-state index contributed by atoms with van der Waals surface area (Å²) in [4.78, 5) is 9.10. The predicted octanol–water partition coefficient (Wildman–Crippen LogP) is 4.01. The summed E-state index contributed by atoms with van der Waals surface area (Å²) in [5, 5.41) is 4.33. The van der Waals surface area contributed by atoms with Gasteiger partial charge < -0.3 is 19.5 Å². The number of fused-ring (bicyclic) bond motifs is 1. The molecular formula is C19H19N3O3. The summed E-state index contributed by atoms with van der Waals surface area (Å²) in [5.41, 5.74) is 0.738. The molecule has 0 saturated heterocycles. The molecule has 0 radical (unpaired) electrons. The molecule has 0 bridgehead atoms. The third-order valence-corrected chi connectivity index (χ3v) is 4.05. The van der Waals surface area contributed by atoms with E-state index in [2.05, 4.69) is 15.3 Å². The molecule has 1 N–H and O–H groups in total. The van der Waals surface area contributed by atoms with E-state index < -0.39 is 0 Å². The van der Waals surface area contributed by atoms with Crippen molar-refractivity contribution >= 4 is 16.7 Å². The Hall–Kier alpha value is -3.02. The van der Waals surface area contributed by atoms with Crippen LogP contribution in [0.3, 0.4) is 0 Å². The molecule has 0 atom stereocenters. The lowest BCUT2D eigenvalue weighted by Crippen LogP contribution is -2.06. The van der Waals surface area contributed by atoms with Gasteiger partial charge >= 0.3 is 6.01 Å². The number of ether oxygens (including phenoxy) is 3. The van der Waals surface area contributed by atoms with Crippen LogP contribution in [0.2, 0.25) is 0 Å². The molecule has 2 aromatic carbocycles. The van der Waals surface area contributed by atoms with Gasteiger partial charge in [0.05, 0.1) is 19.7 Å². The van der Waals surface area contributed by atoms with Crippen LogP contribution in [0.1, 0.15) is 12.8 Å². The molecule has 1 aliphatic rings. The normalized spacial score (nSPS) is 13.5. The fraction of sp³-hybridized carbons (Fsp3) is 0.263. The van der Waals surface area contributed by atoms with Crippen molar-refractivity contribution in [3.63, 3.8) is 0 Å². The minimum absolute atomic E-state index is 0.300. The molecule has 0 aliphatic heterocycles. The Labute approximate surface area is 145 Å². The third kappa shape index (κ3) is 3.28. The smallest absolute Gasteiger partial charge is 0.324 e. The molecule has 1 saturated carbocycles. The summed E-state index contributed by atoms with van der Waals surface area (Å²) in [6, 6.07) is 14.0. The maximum absolute atomic E-state index is 5.82. The fourth-order valence-corrected chi connectivity index (χ4v) is 2.60. The molecule has 1 aromatic heterocycles. The SMILES string of the molecule is COc1cc2nc(Oc3ccccc3)nc(NC3CC3)c2cc1OC. The second-order valence-corrected chi connectivity index (χ2v) is 5.91. The molecule has 25 heavy (non-hydrogen) atoms. The van der Waals surface area contributed by atoms with Gasteiger partial charge in [0.1, 0.15) is 11.6 Å². The van der Waals surface area contributed by atoms with Gasteiger partial charge in [0.2, 0.25) is 0 Å². The van der Waals surface area contributed by atoms with Gasteiger partial charge in [-0.15, -0.1) is 0 Å². The van der Waals surface area contributed by atoms with E-state index in [1.807, 2.05) is 42.5 Å². The molecule has 6 nitrogen and oxygen atoms in total. The van der Waals surface area contributed by atoms with Gasteiger partial charge in [-0.25, -0.2) is 0 Å². The topological polar surface area (TPSA) is 65.5 Å². The van der Waals surface area contributed by atoms with Crippen LogP contribution in [0.15, 0.2) is 42.5 Å². The Balaban J connectivity index is 1.81. The van der Waals surface area contributed by atoms with E-state index in [0.717, 1.165) is 29.6 Å². The summed E-state index contributed by atoms with van der Waals surface area (Å²) < 4.78 is 16.6. The van der Waals surface area contributed by atoms with E-state index in [9.17, 15) is 0 Å². The first-order valence-corrected chi connectivity index (χ1v) is 8.20. The van der Waals surface area contributed by atoms with Crippen molar-refractivity contribution in [2.24, 2.45) is 0 Å². The van der Waals surface area contributed by atoms with Crippen molar-refractivity contribution < 1.29 is 14.2 Å². The van der Waals surface area contributed by atoms with Gasteiger partial charge in [0.25, 0.3) is 0 Å². The first kappa shape index (κ1) is 15.5. The molecule has 1 fully saturated rings. The Kier molecular flexibility index (Phi) is 4.01. The van der Waals surface area contributed by atoms with Crippen LogP contribution >= 0.6 is 0 Å². The number of aromatic nitrogens is 2. The maximum Gasteiger partial charge on any atom is 0.324 e. The van der Waals surface area contributed by atoms with Gasteiger partial charge in [-0.05, 0) is 31.0 Å². The van der Waals surface area contributed by atoms with E-state index in [-0.39, 0.29) is 0 Å². The van der Waals surface area contributed by atoms with E-state index in [1.165, 1.54) is 0 Å². The molecule has 4 rings (SSSR count). The number of nitrogens with one attached hydrogen (secondary N) is 1. The lowest BCUT2D eigenvalue weighted by Gasteiger charge is -2.13. The average Bonchev–Trinajstić information content (AvgIpc) is 3.45. The van der Waals surface area contributed by atoms with Crippen LogP contribution < -0.4 is 19.5 Å². The van der Waals surface area contributed by atoms with Gasteiger partial charge in [0.15, 0.2) is 11.5 Å². The molecule has 6 heteroatoms. The van der Waals surface area contributed by atoms with Crippen molar-refractivity contribution in [3.05, 3.63) is 42.5 Å². The third-order valence-electron chi connectivity index (χ3n) is 4.05. The first-order valence-electron chi connectivity index (χ1n) is 8.20. The number of methoxy groups -OCH3 is 2. The predicted molar refractivity (Wildman–Crippen MR) is 95.8 cm³/mol. The Morgan fingerprint density at radius 1 is 0.960 bits per heavy atom. The summed E-state index contributed by atoms with van der Waals surface area (Å²) in [6.45, 7) is 0. The van der Waals surface area contributed by atoms with Gasteiger partial charge in [0, 0.05) is 17.5 Å². The largest absolute Gasteiger partial charge is 0.493 e. The van der Waals surface area contributed by atoms with Gasteiger partial charge in [-0.2, -0.15) is 9.97 Å². The van der Waals surface area contributed by atoms with E-state index in [1.54, 1.807) is 14.2 Å². The second kappa shape index (κ2) is 6.47. The van der Waals surface area contributed by atoms with Crippen molar-refractivity contribution in [3.8, 4) is 23.3 Å². The van der Waals surface area contributed by atoms with Gasteiger partial charge in [-0.1, -0.05) is 18.2 Å². The number of benzene rings is 2. The van der Waals surface area contributed by atoms with Crippen LogP contribution in [0, 0.1) is 0 Å². The molecule has 3 aromatic rings. The number of para-hydroxylation sites is 1. The van der Waals surface area contributed by atoms with Crippen molar-refractivity contribution in [1.82, 2.24) is 9.97 Å². The lowest BCUT2D eigenvalue weighted by molar-refractivity contribution is 0.355. The first-order chi connectivity index (χ1) is 12.3. The highest BCUT2D eigenvalue weighted by atomic mass is 16.5. The molecule has 1 aliphatic carbocycles. The number of hydrogen-bond donors (Lipinski definition) is 1. The molecule has 0 unspecified atom stereocenters. The Morgan fingerprint density at radius 2 is 1.68 bits per heavy atom. The molecule has 1 heterocycles. The zero-order valence-electron chi connectivity index (χ0n) is 14.2. The minimum Gasteiger partial charge on any atom is -0.493 e. The highest BCUT2D eigenvalue weighted by Crippen LogP contribution is 2.37. The van der Waals surface area contributed by atoms with Crippen molar-refractivity contribution in [1.29, 1.82) is 0 Å². The zero-order valence-corrected chi connectivity index (χ0v) is 14.2. The molecule has 0 spiro atoms. The second-order valence-electron chi connectivity index (χ2n) is 5.91. The number of hydrogen-bond acceptors (Lipinski definition) is 6. The molecule has 128 valence electrons. The van der Waals surface area contributed by atoms with Crippen LogP contribution in [-0.4, -0.2) is 30.2 Å². The quantitative estimate of drug-likeness (QED) is 0.733. The standard InChI is InChI=1S/C19H19N3O3/c1-23-16-10-14-15(11-17(16)24-2)21-19(22-18(14)20-12-8-9-12)25-13-6-4-3-5-7-13/h3-7,10-12H,8-9H2,1-2H3,(H,20,21,22). The number of rotatable bonds is 6. The highest BCUT2D eigenvalue weighted by molar-refractivity contribution is 5.92. The fourth-order valence-electron chi connectivity index (χ4n) is 2.60. The van der Waals surface area contributed by atoms with Crippen LogP contribution in [0.4, 0.5) is 5.82 Å². The molecule has 0 amide bonds.